The van der Waals surface area contributed by atoms with Gasteiger partial charge in [-0.2, -0.15) is 0 Å². The highest BCUT2D eigenvalue weighted by atomic mass is 15.2. The summed E-state index contributed by atoms with van der Waals surface area (Å²) in [6.45, 7) is 7.26. The van der Waals surface area contributed by atoms with Gasteiger partial charge in [-0.15, -0.1) is 0 Å². The number of hydrogen-bond donors (Lipinski definition) is 1. The van der Waals surface area contributed by atoms with E-state index in [2.05, 4.69) is 31.1 Å². The van der Waals surface area contributed by atoms with E-state index in [0.717, 1.165) is 6.04 Å². The smallest absolute Gasteiger partial charge is 0.0246 e. The van der Waals surface area contributed by atoms with Crippen LogP contribution in [0.4, 0.5) is 0 Å². The van der Waals surface area contributed by atoms with Crippen LogP contribution >= 0.6 is 0 Å². The Bertz CT molecular complexity index is 148. The third-order valence-corrected chi connectivity index (χ3v) is 3.71. The molecule has 2 nitrogen and oxygen atoms in total. The summed E-state index contributed by atoms with van der Waals surface area (Å²) in [7, 11) is 2.12. The Kier molecular flexibility index (Phi) is 6.26. The van der Waals surface area contributed by atoms with Gasteiger partial charge in [-0.25, -0.2) is 0 Å². The van der Waals surface area contributed by atoms with Gasteiger partial charge < -0.3 is 5.32 Å². The Morgan fingerprint density at radius 1 is 1.13 bits per heavy atom. The van der Waals surface area contributed by atoms with Crippen LogP contribution in [0.15, 0.2) is 0 Å². The summed E-state index contributed by atoms with van der Waals surface area (Å²) < 4.78 is 0. The number of piperidine rings is 1. The van der Waals surface area contributed by atoms with Crippen molar-refractivity contribution in [1.82, 2.24) is 10.2 Å². The van der Waals surface area contributed by atoms with Crippen LogP contribution in [0.5, 0.6) is 0 Å². The zero-order chi connectivity index (χ0) is 11.1. The molecule has 1 fully saturated rings. The highest BCUT2D eigenvalue weighted by Crippen LogP contribution is 2.18. The van der Waals surface area contributed by atoms with Crippen LogP contribution in [0.1, 0.15) is 52.4 Å². The quantitative estimate of drug-likeness (QED) is 0.728. The average molecular weight is 212 g/mol. The van der Waals surface area contributed by atoms with Gasteiger partial charge in [0.2, 0.25) is 0 Å². The number of likely N-dealkylation sites (tertiary alicyclic amines) is 1. The minimum atomic E-state index is 0.693. The molecule has 2 unspecified atom stereocenters. The van der Waals surface area contributed by atoms with Crippen molar-refractivity contribution in [2.24, 2.45) is 0 Å². The number of hydrogen-bond acceptors (Lipinski definition) is 2. The van der Waals surface area contributed by atoms with Crippen molar-refractivity contribution in [1.29, 1.82) is 0 Å². The maximum Gasteiger partial charge on any atom is 0.0246 e. The molecule has 1 N–H and O–H groups in total. The molecule has 90 valence electrons. The van der Waals surface area contributed by atoms with Gasteiger partial charge in [0.1, 0.15) is 0 Å². The Morgan fingerprint density at radius 3 is 2.27 bits per heavy atom. The fraction of sp³-hybridized carbons (Fsp3) is 1.00. The molecule has 1 heterocycles. The fourth-order valence-electron chi connectivity index (χ4n) is 2.89. The van der Waals surface area contributed by atoms with E-state index in [1.165, 1.54) is 51.6 Å². The normalized spacial score (nSPS) is 22.6. The lowest BCUT2D eigenvalue weighted by molar-refractivity contribution is 0.125. The van der Waals surface area contributed by atoms with Gasteiger partial charge in [0, 0.05) is 12.1 Å². The number of rotatable bonds is 6. The minimum Gasteiger partial charge on any atom is -0.315 e. The molecule has 0 radical (unpaired) electrons. The summed E-state index contributed by atoms with van der Waals surface area (Å²) in [5, 5.41) is 3.51. The topological polar surface area (TPSA) is 15.3 Å². The van der Waals surface area contributed by atoms with E-state index < -0.39 is 0 Å². The van der Waals surface area contributed by atoms with Crippen LogP contribution < -0.4 is 5.32 Å². The summed E-state index contributed by atoms with van der Waals surface area (Å²) in [5.41, 5.74) is 0. The summed E-state index contributed by atoms with van der Waals surface area (Å²) in [6, 6.07) is 1.45. The van der Waals surface area contributed by atoms with Gasteiger partial charge in [-0.05, 0) is 45.8 Å². The van der Waals surface area contributed by atoms with Crippen molar-refractivity contribution in [2.75, 3.05) is 20.1 Å². The molecule has 1 aliphatic heterocycles. The van der Waals surface area contributed by atoms with Crippen molar-refractivity contribution in [3.8, 4) is 0 Å². The molecular weight excluding hydrogens is 184 g/mol. The first kappa shape index (κ1) is 13.0. The average Bonchev–Trinajstić information content (AvgIpc) is 2.30. The monoisotopic (exact) mass is 212 g/mol. The van der Waals surface area contributed by atoms with Crippen LogP contribution in [0.3, 0.4) is 0 Å². The van der Waals surface area contributed by atoms with Crippen LogP contribution in [0.25, 0.3) is 0 Å². The van der Waals surface area contributed by atoms with Gasteiger partial charge in [0.15, 0.2) is 0 Å². The first-order valence-corrected chi connectivity index (χ1v) is 6.74. The van der Waals surface area contributed by atoms with Gasteiger partial charge in [0.25, 0.3) is 0 Å². The molecule has 0 saturated carbocycles. The maximum atomic E-state index is 3.51. The molecule has 0 bridgehead atoms. The third-order valence-electron chi connectivity index (χ3n) is 3.71. The molecule has 0 spiro atoms. The minimum absolute atomic E-state index is 0.693. The van der Waals surface area contributed by atoms with Gasteiger partial charge in [-0.1, -0.05) is 26.7 Å². The summed E-state index contributed by atoms with van der Waals surface area (Å²) in [4.78, 5) is 2.71. The number of likely N-dealkylation sites (N-methyl/N-ethyl adjacent to an activating group) is 1. The van der Waals surface area contributed by atoms with Crippen molar-refractivity contribution < 1.29 is 0 Å². The molecule has 1 saturated heterocycles. The molecule has 0 aromatic carbocycles. The van der Waals surface area contributed by atoms with Gasteiger partial charge in [0.05, 0.1) is 0 Å². The second-order valence-electron chi connectivity index (χ2n) is 4.76. The van der Waals surface area contributed by atoms with Crippen LogP contribution in [0.2, 0.25) is 0 Å². The molecule has 2 atom stereocenters. The second-order valence-corrected chi connectivity index (χ2v) is 4.76. The standard InChI is InChI=1S/C13H28N2/c1-4-9-12(14-3)13(5-2)15-10-7-6-8-11-15/h12-14H,4-11H2,1-3H3. The Balaban J connectivity index is 2.50. The number of nitrogens with one attached hydrogen (secondary N) is 1. The molecule has 0 aliphatic carbocycles. The maximum absolute atomic E-state index is 3.51. The van der Waals surface area contributed by atoms with Crippen LogP contribution in [-0.2, 0) is 0 Å². The fourth-order valence-corrected chi connectivity index (χ4v) is 2.89. The molecule has 1 aliphatic rings. The zero-order valence-corrected chi connectivity index (χ0v) is 10.8. The zero-order valence-electron chi connectivity index (χ0n) is 10.8. The summed E-state index contributed by atoms with van der Waals surface area (Å²) in [5.74, 6) is 0. The van der Waals surface area contributed by atoms with E-state index in [0.29, 0.717) is 6.04 Å². The van der Waals surface area contributed by atoms with Crippen molar-refractivity contribution in [2.45, 2.75) is 64.5 Å². The lowest BCUT2D eigenvalue weighted by Crippen LogP contribution is -2.50. The molecule has 1 rings (SSSR count). The highest BCUT2D eigenvalue weighted by molar-refractivity contribution is 4.84. The van der Waals surface area contributed by atoms with Gasteiger partial charge in [-0.3, -0.25) is 4.90 Å². The van der Waals surface area contributed by atoms with E-state index in [1.54, 1.807) is 0 Å². The Hall–Kier alpha value is -0.0800. The van der Waals surface area contributed by atoms with Crippen molar-refractivity contribution in [3.63, 3.8) is 0 Å². The van der Waals surface area contributed by atoms with Crippen molar-refractivity contribution in [3.05, 3.63) is 0 Å². The van der Waals surface area contributed by atoms with Crippen molar-refractivity contribution >= 4 is 0 Å². The summed E-state index contributed by atoms with van der Waals surface area (Å²) >= 11 is 0. The van der Waals surface area contributed by atoms with E-state index in [4.69, 9.17) is 0 Å². The molecular formula is C13H28N2. The second kappa shape index (κ2) is 7.24. The van der Waals surface area contributed by atoms with Crippen LogP contribution in [-0.4, -0.2) is 37.1 Å². The van der Waals surface area contributed by atoms with E-state index in [1.807, 2.05) is 0 Å². The predicted octanol–water partition coefficient (Wildman–Crippen LogP) is 2.64. The van der Waals surface area contributed by atoms with E-state index >= 15 is 0 Å². The Morgan fingerprint density at radius 2 is 1.80 bits per heavy atom. The molecule has 15 heavy (non-hydrogen) atoms. The first-order chi connectivity index (χ1) is 7.33. The summed E-state index contributed by atoms with van der Waals surface area (Å²) in [6.07, 6.45) is 8.12. The lowest BCUT2D eigenvalue weighted by Gasteiger charge is -2.38. The third kappa shape index (κ3) is 3.76. The van der Waals surface area contributed by atoms with E-state index in [9.17, 15) is 0 Å². The molecule has 0 aromatic heterocycles. The largest absolute Gasteiger partial charge is 0.315 e. The van der Waals surface area contributed by atoms with E-state index in [-0.39, 0.29) is 0 Å². The Labute approximate surface area is 95.4 Å². The van der Waals surface area contributed by atoms with Crippen LogP contribution in [0, 0.1) is 0 Å². The number of nitrogens with zero attached hydrogens (tertiary/aromatic N) is 1. The first-order valence-electron chi connectivity index (χ1n) is 6.74. The molecule has 2 heteroatoms. The lowest BCUT2D eigenvalue weighted by atomic mass is 9.97. The SMILES string of the molecule is CCCC(NC)C(CC)N1CCCCC1. The molecule has 0 amide bonds. The highest BCUT2D eigenvalue weighted by Gasteiger charge is 2.25. The predicted molar refractivity (Wildman–Crippen MR) is 67.3 cm³/mol. The molecule has 0 aromatic rings. The van der Waals surface area contributed by atoms with Gasteiger partial charge >= 0.3 is 0 Å².